The van der Waals surface area contributed by atoms with E-state index in [1.165, 1.54) is 4.90 Å². The average molecular weight is 734 g/mol. The molecule has 4 amide bonds. The molecule has 0 aromatic heterocycles. The first-order valence-corrected chi connectivity index (χ1v) is 20.8. The van der Waals surface area contributed by atoms with Gasteiger partial charge in [0.15, 0.2) is 0 Å². The number of hydrogen-bond acceptors (Lipinski definition) is 7. The Hall–Kier alpha value is -2.76. The van der Waals surface area contributed by atoms with Crippen molar-refractivity contribution in [1.29, 1.82) is 0 Å². The Kier molecular flexibility index (Phi) is 12.5. The maximum Gasteiger partial charge on any atom is 0.481 e. The molecule has 2 heterocycles. The molecule has 8 atom stereocenters. The zero-order valence-electron chi connectivity index (χ0n) is 33.0. The lowest BCUT2D eigenvalue weighted by Crippen LogP contribution is -2.65. The first-order valence-electron chi connectivity index (χ1n) is 20.8. The topological polar surface area (TPSA) is 134 Å². The third-order valence-electron chi connectivity index (χ3n) is 13.7. The SMILES string of the molecule is CC(C)C[C@H](NC(=O)[C@@H](NC(=O)C(CCCCCCCCN1C(=O)c2ccccc2C1=O)C1CCCC1)[C@@H](C)O)B1O[C@@H]2C[C@@H]3C[C@@H](C3(C)C)[C@]2(C)O1. The third kappa shape index (κ3) is 8.28. The van der Waals surface area contributed by atoms with Gasteiger partial charge in [-0.2, -0.15) is 0 Å². The van der Waals surface area contributed by atoms with Crippen LogP contribution in [0.2, 0.25) is 0 Å². The van der Waals surface area contributed by atoms with E-state index in [2.05, 4.69) is 45.3 Å². The van der Waals surface area contributed by atoms with Crippen LogP contribution in [-0.2, 0) is 18.9 Å². The number of imide groups is 1. The van der Waals surface area contributed by atoms with Crippen molar-refractivity contribution in [2.75, 3.05) is 6.54 Å². The maximum absolute atomic E-state index is 13.9. The van der Waals surface area contributed by atoms with Crippen molar-refractivity contribution in [3.63, 3.8) is 0 Å². The van der Waals surface area contributed by atoms with Crippen molar-refractivity contribution >= 4 is 30.7 Å². The van der Waals surface area contributed by atoms with Gasteiger partial charge in [-0.25, -0.2) is 0 Å². The summed E-state index contributed by atoms with van der Waals surface area (Å²) in [5.74, 6) is 0.0426. The lowest BCUT2D eigenvalue weighted by molar-refractivity contribution is -0.199. The van der Waals surface area contributed by atoms with Gasteiger partial charge < -0.3 is 25.0 Å². The van der Waals surface area contributed by atoms with E-state index in [-0.39, 0.29) is 47.0 Å². The summed E-state index contributed by atoms with van der Waals surface area (Å²) in [6, 6.07) is 5.93. The van der Waals surface area contributed by atoms with Gasteiger partial charge in [-0.05, 0) is 100 Å². The number of amides is 4. The molecule has 3 N–H and O–H groups in total. The number of aliphatic hydroxyl groups excluding tert-OH is 1. The second-order valence-electron chi connectivity index (χ2n) is 18.2. The number of unbranched alkanes of at least 4 members (excludes halogenated alkanes) is 5. The molecule has 6 aliphatic rings. The predicted molar refractivity (Wildman–Crippen MR) is 205 cm³/mol. The van der Waals surface area contributed by atoms with Crippen LogP contribution in [0.15, 0.2) is 24.3 Å². The number of nitrogens with one attached hydrogen (secondary N) is 2. The minimum atomic E-state index is -1.07. The van der Waals surface area contributed by atoms with Crippen molar-refractivity contribution in [1.82, 2.24) is 15.5 Å². The number of hydrogen-bond donors (Lipinski definition) is 3. The molecule has 2 bridgehead atoms. The Morgan fingerprint density at radius 1 is 0.906 bits per heavy atom. The summed E-state index contributed by atoms with van der Waals surface area (Å²) < 4.78 is 13.3. The van der Waals surface area contributed by atoms with Gasteiger partial charge in [0.2, 0.25) is 11.8 Å². The van der Waals surface area contributed by atoms with Crippen molar-refractivity contribution in [3.05, 3.63) is 35.4 Å². The van der Waals surface area contributed by atoms with Gasteiger partial charge in [-0.1, -0.05) is 84.8 Å². The fraction of sp³-hybridized carbons (Fsp3) is 0.762. The van der Waals surface area contributed by atoms with Crippen LogP contribution in [0, 0.1) is 35.0 Å². The van der Waals surface area contributed by atoms with E-state index in [4.69, 9.17) is 9.31 Å². The van der Waals surface area contributed by atoms with E-state index < -0.39 is 36.7 Å². The van der Waals surface area contributed by atoms with E-state index in [1.807, 2.05) is 0 Å². The van der Waals surface area contributed by atoms with Crippen LogP contribution in [0.25, 0.3) is 0 Å². The summed E-state index contributed by atoms with van der Waals surface area (Å²) in [4.78, 5) is 54.5. The molecular weight excluding hydrogens is 669 g/mol. The lowest BCUT2D eigenvalue weighted by Gasteiger charge is -2.64. The molecule has 7 rings (SSSR count). The quantitative estimate of drug-likeness (QED) is 0.0893. The molecule has 53 heavy (non-hydrogen) atoms. The molecule has 292 valence electrons. The van der Waals surface area contributed by atoms with Crippen molar-refractivity contribution in [2.45, 2.75) is 161 Å². The largest absolute Gasteiger partial charge is 0.481 e. The van der Waals surface area contributed by atoms with Crippen molar-refractivity contribution in [2.24, 2.45) is 35.0 Å². The standard InChI is InChI=1S/C42H64BN3O7/c1-26(2)23-35(43-52-34-25-29-24-33(41(29,4)5)42(34,6)53-43)44-38(49)36(27(3)47)45-37(48)30(28-17-12-13-18-28)19-11-9-7-8-10-16-22-46-39(50)31-20-14-15-21-32(31)40(46)51/h14-15,20-21,26-30,33-36,47H,7-13,16-19,22-25H2,1-6H3,(H,44,49)(H,45,48)/t27-,29+,30?,33+,34-,35+,36+,42+/m1/s1. The third-order valence-corrected chi connectivity index (χ3v) is 13.7. The molecule has 10 nitrogen and oxygen atoms in total. The smallest absolute Gasteiger partial charge is 0.404 e. The monoisotopic (exact) mass is 733 g/mol. The van der Waals surface area contributed by atoms with Gasteiger partial charge in [0.1, 0.15) is 6.04 Å². The fourth-order valence-electron chi connectivity index (χ4n) is 10.5. The van der Waals surface area contributed by atoms with E-state index >= 15 is 0 Å². The average Bonchev–Trinajstić information content (AvgIpc) is 3.83. The van der Waals surface area contributed by atoms with Gasteiger partial charge in [0, 0.05) is 12.5 Å². The molecule has 0 radical (unpaired) electrons. The van der Waals surface area contributed by atoms with Gasteiger partial charge >= 0.3 is 7.12 Å². The first kappa shape index (κ1) is 39.9. The highest BCUT2D eigenvalue weighted by atomic mass is 16.7. The van der Waals surface area contributed by atoms with E-state index in [0.717, 1.165) is 83.5 Å². The van der Waals surface area contributed by atoms with Gasteiger partial charge in [-0.3, -0.25) is 24.1 Å². The Balaban J connectivity index is 0.980. The lowest BCUT2D eigenvalue weighted by atomic mass is 9.43. The zero-order chi connectivity index (χ0) is 38.1. The van der Waals surface area contributed by atoms with Crippen LogP contribution in [0.4, 0.5) is 0 Å². The number of nitrogens with zero attached hydrogens (tertiary/aromatic N) is 1. The van der Waals surface area contributed by atoms with Crippen LogP contribution in [0.5, 0.6) is 0 Å². The predicted octanol–water partition coefficient (Wildman–Crippen LogP) is 6.48. The molecule has 4 saturated carbocycles. The van der Waals surface area contributed by atoms with Crippen LogP contribution in [-0.4, -0.2) is 77.1 Å². The summed E-state index contributed by atoms with van der Waals surface area (Å²) in [7, 11) is -0.578. The van der Waals surface area contributed by atoms with Gasteiger partial charge in [0.25, 0.3) is 11.8 Å². The number of carbonyl (C=O) groups is 4. The minimum Gasteiger partial charge on any atom is -0.404 e. The number of fused-ring (bicyclic) bond motifs is 1. The summed E-state index contributed by atoms with van der Waals surface area (Å²) >= 11 is 0. The second kappa shape index (κ2) is 16.5. The van der Waals surface area contributed by atoms with Crippen LogP contribution < -0.4 is 10.6 Å². The Morgan fingerprint density at radius 2 is 1.53 bits per heavy atom. The molecule has 11 heteroatoms. The fourth-order valence-corrected chi connectivity index (χ4v) is 10.5. The van der Waals surface area contributed by atoms with Crippen LogP contribution in [0.1, 0.15) is 152 Å². The molecule has 5 fully saturated rings. The molecule has 1 saturated heterocycles. The minimum absolute atomic E-state index is 0.0000314. The normalized spacial score (nSPS) is 28.3. The summed E-state index contributed by atoms with van der Waals surface area (Å²) in [5, 5.41) is 17.0. The summed E-state index contributed by atoms with van der Waals surface area (Å²) in [5.41, 5.74) is 0.811. The molecule has 0 spiro atoms. The zero-order valence-corrected chi connectivity index (χ0v) is 33.0. The van der Waals surface area contributed by atoms with Crippen molar-refractivity contribution < 1.29 is 33.6 Å². The van der Waals surface area contributed by atoms with Crippen LogP contribution >= 0.6 is 0 Å². The Bertz CT molecular complexity index is 1460. The Labute approximate surface area is 317 Å². The highest BCUT2D eigenvalue weighted by Crippen LogP contribution is 2.65. The number of benzene rings is 1. The molecule has 2 aliphatic heterocycles. The molecule has 4 aliphatic carbocycles. The highest BCUT2D eigenvalue weighted by molar-refractivity contribution is 6.48. The van der Waals surface area contributed by atoms with Crippen molar-refractivity contribution in [3.8, 4) is 0 Å². The van der Waals surface area contributed by atoms with E-state index in [0.29, 0.717) is 35.9 Å². The summed E-state index contributed by atoms with van der Waals surface area (Å²) in [6.45, 7) is 13.1. The van der Waals surface area contributed by atoms with E-state index in [1.54, 1.807) is 31.2 Å². The number of rotatable bonds is 18. The first-order chi connectivity index (χ1) is 25.2. The number of aliphatic hydroxyl groups is 1. The van der Waals surface area contributed by atoms with Crippen LogP contribution in [0.3, 0.4) is 0 Å². The Morgan fingerprint density at radius 3 is 2.13 bits per heavy atom. The van der Waals surface area contributed by atoms with Gasteiger partial charge in [-0.15, -0.1) is 0 Å². The number of carbonyl (C=O) groups excluding carboxylic acids is 4. The summed E-state index contributed by atoms with van der Waals surface area (Å²) in [6.07, 6.45) is 12.3. The highest BCUT2D eigenvalue weighted by Gasteiger charge is 2.68. The molecule has 1 aromatic carbocycles. The second-order valence-corrected chi connectivity index (χ2v) is 18.2. The van der Waals surface area contributed by atoms with Gasteiger partial charge in [0.05, 0.1) is 34.9 Å². The van der Waals surface area contributed by atoms with E-state index in [9.17, 15) is 24.3 Å². The molecule has 1 aromatic rings. The molecule has 1 unspecified atom stereocenters. The maximum atomic E-state index is 13.9. The molecular formula is C42H64BN3O7.